The van der Waals surface area contributed by atoms with Gasteiger partial charge in [0.25, 0.3) is 5.56 Å². The van der Waals surface area contributed by atoms with E-state index in [-0.39, 0.29) is 0 Å². The average molecular weight is 201 g/mol. The van der Waals surface area contributed by atoms with Crippen LogP contribution in [0.15, 0.2) is 47.3 Å². The van der Waals surface area contributed by atoms with Crippen LogP contribution in [0.4, 0.5) is 0 Å². The van der Waals surface area contributed by atoms with Crippen molar-refractivity contribution in [1.82, 2.24) is 4.73 Å². The molecular weight excluding hydrogens is 190 g/mol. The van der Waals surface area contributed by atoms with Crippen molar-refractivity contribution in [2.75, 3.05) is 0 Å². The topological polar surface area (TPSA) is 42.2 Å². The number of benzene rings is 1. The van der Waals surface area contributed by atoms with Crippen LogP contribution in [-0.4, -0.2) is 9.94 Å². The van der Waals surface area contributed by atoms with Crippen molar-refractivity contribution < 1.29 is 5.21 Å². The quantitative estimate of drug-likeness (QED) is 0.717. The molecule has 1 N–H and O–H groups in total. The van der Waals surface area contributed by atoms with Gasteiger partial charge in [-0.2, -0.15) is 4.73 Å². The van der Waals surface area contributed by atoms with E-state index < -0.39 is 5.56 Å². The van der Waals surface area contributed by atoms with Gasteiger partial charge in [0, 0.05) is 6.07 Å². The number of rotatable bonds is 1. The molecular formula is C12H11NO2. The first-order chi connectivity index (χ1) is 7.18. The van der Waals surface area contributed by atoms with Crippen molar-refractivity contribution in [1.29, 1.82) is 0 Å². The van der Waals surface area contributed by atoms with E-state index in [9.17, 15) is 10.0 Å². The maximum absolute atomic E-state index is 11.3. The van der Waals surface area contributed by atoms with E-state index in [2.05, 4.69) is 0 Å². The number of pyridine rings is 1. The molecule has 3 heteroatoms. The van der Waals surface area contributed by atoms with Gasteiger partial charge in [0.2, 0.25) is 0 Å². The summed E-state index contributed by atoms with van der Waals surface area (Å²) in [4.78, 5) is 11.3. The van der Waals surface area contributed by atoms with Crippen LogP contribution in [0, 0.1) is 6.92 Å². The lowest BCUT2D eigenvalue weighted by atomic mass is 10.1. The molecule has 0 atom stereocenters. The minimum Gasteiger partial charge on any atom is -0.425 e. The molecule has 15 heavy (non-hydrogen) atoms. The summed E-state index contributed by atoms with van der Waals surface area (Å²) in [5.74, 6) is 0. The van der Waals surface area contributed by atoms with Crippen molar-refractivity contribution in [3.05, 3.63) is 58.5 Å². The van der Waals surface area contributed by atoms with Crippen molar-refractivity contribution in [2.45, 2.75) is 6.92 Å². The van der Waals surface area contributed by atoms with Gasteiger partial charge in [-0.05, 0) is 24.1 Å². The lowest BCUT2D eigenvalue weighted by Crippen LogP contribution is -2.18. The molecule has 1 aromatic heterocycles. The summed E-state index contributed by atoms with van der Waals surface area (Å²) in [6, 6.07) is 12.8. The predicted molar refractivity (Wildman–Crippen MR) is 58.1 cm³/mol. The summed E-state index contributed by atoms with van der Waals surface area (Å²) < 4.78 is 0.645. The van der Waals surface area contributed by atoms with Crippen LogP contribution in [0.3, 0.4) is 0 Å². The van der Waals surface area contributed by atoms with E-state index in [0.29, 0.717) is 10.4 Å². The lowest BCUT2D eigenvalue weighted by Gasteiger charge is -2.05. The highest BCUT2D eigenvalue weighted by atomic mass is 16.5. The maximum Gasteiger partial charge on any atom is 0.283 e. The van der Waals surface area contributed by atoms with Crippen molar-refractivity contribution in [3.8, 4) is 11.1 Å². The molecule has 76 valence electrons. The Bertz CT molecular complexity index is 529. The molecule has 0 aliphatic rings. The van der Waals surface area contributed by atoms with E-state index in [1.165, 1.54) is 6.07 Å². The molecule has 0 saturated heterocycles. The Balaban J connectivity index is 2.61. The van der Waals surface area contributed by atoms with Crippen LogP contribution in [-0.2, 0) is 0 Å². The second-order valence-corrected chi connectivity index (χ2v) is 3.40. The van der Waals surface area contributed by atoms with Crippen LogP contribution in [0.1, 0.15) is 5.69 Å². The van der Waals surface area contributed by atoms with E-state index in [1.54, 1.807) is 13.0 Å². The standard InChI is InChI=1S/C12H11NO2/c1-9-7-11(8-12(14)13(9)15)10-5-3-2-4-6-10/h2-8,15H,1H3. The van der Waals surface area contributed by atoms with E-state index in [4.69, 9.17) is 0 Å². The number of nitrogens with zero attached hydrogens (tertiary/aromatic N) is 1. The Kier molecular flexibility index (Phi) is 2.29. The van der Waals surface area contributed by atoms with Crippen LogP contribution < -0.4 is 5.56 Å². The molecule has 0 bridgehead atoms. The average Bonchev–Trinajstić information content (AvgIpc) is 2.26. The number of aromatic nitrogens is 1. The molecule has 0 unspecified atom stereocenters. The van der Waals surface area contributed by atoms with Crippen molar-refractivity contribution in [3.63, 3.8) is 0 Å². The van der Waals surface area contributed by atoms with E-state index in [0.717, 1.165) is 11.1 Å². The maximum atomic E-state index is 11.3. The number of hydrogen-bond donors (Lipinski definition) is 1. The highest BCUT2D eigenvalue weighted by Gasteiger charge is 2.03. The van der Waals surface area contributed by atoms with Gasteiger partial charge in [-0.1, -0.05) is 30.3 Å². The molecule has 0 aliphatic carbocycles. The van der Waals surface area contributed by atoms with Crippen LogP contribution in [0.2, 0.25) is 0 Å². The van der Waals surface area contributed by atoms with Gasteiger partial charge in [0.05, 0.1) is 5.69 Å². The van der Waals surface area contributed by atoms with Crippen LogP contribution in [0.5, 0.6) is 0 Å². The van der Waals surface area contributed by atoms with Gasteiger partial charge in [-0.15, -0.1) is 0 Å². The highest BCUT2D eigenvalue weighted by molar-refractivity contribution is 5.63. The SMILES string of the molecule is Cc1cc(-c2ccccc2)cc(=O)n1O. The summed E-state index contributed by atoms with van der Waals surface area (Å²) in [6.45, 7) is 1.69. The first-order valence-corrected chi connectivity index (χ1v) is 4.67. The zero-order valence-electron chi connectivity index (χ0n) is 8.34. The Morgan fingerprint density at radius 3 is 2.33 bits per heavy atom. The first-order valence-electron chi connectivity index (χ1n) is 4.67. The van der Waals surface area contributed by atoms with Crippen LogP contribution in [0.25, 0.3) is 11.1 Å². The fourth-order valence-electron chi connectivity index (χ4n) is 1.49. The van der Waals surface area contributed by atoms with Crippen molar-refractivity contribution in [2.24, 2.45) is 0 Å². The van der Waals surface area contributed by atoms with Crippen LogP contribution >= 0.6 is 0 Å². The predicted octanol–water partition coefficient (Wildman–Crippen LogP) is 2.06. The second-order valence-electron chi connectivity index (χ2n) is 3.40. The monoisotopic (exact) mass is 201 g/mol. The van der Waals surface area contributed by atoms with Gasteiger partial charge < -0.3 is 5.21 Å². The molecule has 1 aromatic carbocycles. The third kappa shape index (κ3) is 1.76. The molecule has 0 amide bonds. The van der Waals surface area contributed by atoms with E-state index >= 15 is 0 Å². The fourth-order valence-corrected chi connectivity index (χ4v) is 1.49. The van der Waals surface area contributed by atoms with E-state index in [1.807, 2.05) is 30.3 Å². The smallest absolute Gasteiger partial charge is 0.283 e. The summed E-state index contributed by atoms with van der Waals surface area (Å²) in [7, 11) is 0. The minimum atomic E-state index is -0.408. The Morgan fingerprint density at radius 2 is 1.73 bits per heavy atom. The fraction of sp³-hybridized carbons (Fsp3) is 0.0833. The van der Waals surface area contributed by atoms with Gasteiger partial charge in [-0.3, -0.25) is 4.79 Å². The molecule has 3 nitrogen and oxygen atoms in total. The second kappa shape index (κ2) is 3.61. The van der Waals surface area contributed by atoms with Gasteiger partial charge in [0.1, 0.15) is 0 Å². The third-order valence-corrected chi connectivity index (χ3v) is 2.29. The Hall–Kier alpha value is -2.03. The van der Waals surface area contributed by atoms with Crippen molar-refractivity contribution >= 4 is 0 Å². The molecule has 0 aliphatic heterocycles. The Labute approximate surface area is 87.2 Å². The molecule has 0 spiro atoms. The molecule has 2 aromatic rings. The summed E-state index contributed by atoms with van der Waals surface area (Å²) in [5, 5.41) is 9.28. The van der Waals surface area contributed by atoms with Gasteiger partial charge in [0.15, 0.2) is 0 Å². The van der Waals surface area contributed by atoms with Gasteiger partial charge in [-0.25, -0.2) is 0 Å². The highest BCUT2D eigenvalue weighted by Crippen LogP contribution is 2.17. The molecule has 0 fully saturated rings. The molecule has 0 radical (unpaired) electrons. The normalized spacial score (nSPS) is 10.2. The molecule has 0 saturated carbocycles. The number of hydrogen-bond acceptors (Lipinski definition) is 2. The number of aryl methyl sites for hydroxylation is 1. The summed E-state index contributed by atoms with van der Waals surface area (Å²) in [5.41, 5.74) is 1.91. The molecule has 1 heterocycles. The third-order valence-electron chi connectivity index (χ3n) is 2.29. The molecule has 2 rings (SSSR count). The summed E-state index contributed by atoms with van der Waals surface area (Å²) in [6.07, 6.45) is 0. The zero-order chi connectivity index (χ0) is 10.8. The lowest BCUT2D eigenvalue weighted by molar-refractivity contribution is 0.168. The van der Waals surface area contributed by atoms with Gasteiger partial charge >= 0.3 is 0 Å². The largest absolute Gasteiger partial charge is 0.425 e. The first kappa shape index (κ1) is 9.52. The zero-order valence-corrected chi connectivity index (χ0v) is 8.34. The summed E-state index contributed by atoms with van der Waals surface area (Å²) >= 11 is 0. The minimum absolute atomic E-state index is 0.408. The Morgan fingerprint density at radius 1 is 1.07 bits per heavy atom.